The van der Waals surface area contributed by atoms with Crippen molar-refractivity contribution in [3.05, 3.63) is 51.7 Å². The molecule has 108 valence electrons. The van der Waals surface area contributed by atoms with Crippen LogP contribution in [0.2, 0.25) is 0 Å². The molecular formula is C16H15NO3S. The fourth-order valence-electron chi connectivity index (χ4n) is 1.78. The summed E-state index contributed by atoms with van der Waals surface area (Å²) in [6.45, 7) is 0.276. The van der Waals surface area contributed by atoms with E-state index in [0.29, 0.717) is 17.9 Å². The maximum atomic E-state index is 12.1. The van der Waals surface area contributed by atoms with E-state index < -0.39 is 0 Å². The van der Waals surface area contributed by atoms with Gasteiger partial charge in [0.05, 0.1) is 19.2 Å². The number of aliphatic hydroxyl groups excluding tert-OH is 1. The first kappa shape index (κ1) is 15.1. The van der Waals surface area contributed by atoms with Gasteiger partial charge in [-0.3, -0.25) is 4.79 Å². The molecule has 0 bridgehead atoms. The monoisotopic (exact) mass is 301 g/mol. The lowest BCUT2D eigenvalue weighted by Gasteiger charge is -2.08. The molecule has 0 aliphatic carbocycles. The number of thiophene rings is 1. The van der Waals surface area contributed by atoms with Gasteiger partial charge in [-0.25, -0.2) is 0 Å². The predicted octanol–water partition coefficient (Wildman–Crippen LogP) is 2.03. The van der Waals surface area contributed by atoms with E-state index in [1.807, 2.05) is 17.5 Å². The molecule has 5 heteroatoms. The number of hydrogen-bond acceptors (Lipinski definition) is 4. The lowest BCUT2D eigenvalue weighted by Crippen LogP contribution is -2.22. The fourth-order valence-corrected chi connectivity index (χ4v) is 2.53. The number of nitrogens with one attached hydrogen (secondary N) is 1. The first-order valence-electron chi connectivity index (χ1n) is 6.33. The van der Waals surface area contributed by atoms with Crippen LogP contribution in [-0.2, 0) is 6.54 Å². The number of amides is 1. The summed E-state index contributed by atoms with van der Waals surface area (Å²) >= 11 is 1.52. The summed E-state index contributed by atoms with van der Waals surface area (Å²) in [6.07, 6.45) is 0. The minimum absolute atomic E-state index is 0.157. The highest BCUT2D eigenvalue weighted by Crippen LogP contribution is 2.18. The number of carbonyl (C=O) groups excluding carboxylic acids is 1. The summed E-state index contributed by atoms with van der Waals surface area (Å²) in [4.78, 5) is 13.1. The van der Waals surface area contributed by atoms with Gasteiger partial charge in [-0.05, 0) is 18.2 Å². The molecule has 0 saturated heterocycles. The van der Waals surface area contributed by atoms with Gasteiger partial charge in [-0.2, -0.15) is 0 Å². The van der Waals surface area contributed by atoms with Crippen LogP contribution in [0.4, 0.5) is 0 Å². The molecule has 0 atom stereocenters. The third-order valence-corrected chi connectivity index (χ3v) is 3.68. The zero-order chi connectivity index (χ0) is 15.1. The molecule has 0 saturated carbocycles. The van der Waals surface area contributed by atoms with Gasteiger partial charge >= 0.3 is 0 Å². The number of para-hydroxylation sites is 1. The van der Waals surface area contributed by atoms with Crippen LogP contribution in [0.3, 0.4) is 0 Å². The van der Waals surface area contributed by atoms with Gasteiger partial charge in [0.25, 0.3) is 5.91 Å². The zero-order valence-corrected chi connectivity index (χ0v) is 12.4. The number of carbonyl (C=O) groups is 1. The minimum Gasteiger partial charge on any atom is -0.496 e. The van der Waals surface area contributed by atoms with Crippen molar-refractivity contribution in [3.63, 3.8) is 0 Å². The van der Waals surface area contributed by atoms with Crippen molar-refractivity contribution in [3.8, 4) is 17.6 Å². The Hall–Kier alpha value is -2.29. The largest absolute Gasteiger partial charge is 0.496 e. The molecule has 0 spiro atoms. The Morgan fingerprint density at radius 1 is 1.43 bits per heavy atom. The number of aliphatic hydroxyl groups is 1. The first-order chi connectivity index (χ1) is 10.2. The van der Waals surface area contributed by atoms with Crippen molar-refractivity contribution >= 4 is 17.2 Å². The molecule has 2 N–H and O–H groups in total. The normalized spacial score (nSPS) is 9.62. The number of benzene rings is 1. The second kappa shape index (κ2) is 7.48. The summed E-state index contributed by atoms with van der Waals surface area (Å²) in [5.74, 6) is 5.80. The third kappa shape index (κ3) is 4.09. The van der Waals surface area contributed by atoms with E-state index in [2.05, 4.69) is 17.2 Å². The second-order valence-corrected chi connectivity index (χ2v) is 5.14. The second-order valence-electron chi connectivity index (χ2n) is 4.14. The first-order valence-corrected chi connectivity index (χ1v) is 7.21. The molecule has 2 aromatic rings. The van der Waals surface area contributed by atoms with Crippen molar-refractivity contribution < 1.29 is 14.6 Å². The van der Waals surface area contributed by atoms with Crippen LogP contribution >= 0.6 is 11.3 Å². The highest BCUT2D eigenvalue weighted by atomic mass is 32.1. The van der Waals surface area contributed by atoms with Gasteiger partial charge in [-0.1, -0.05) is 24.0 Å². The Morgan fingerprint density at radius 2 is 2.24 bits per heavy atom. The van der Waals surface area contributed by atoms with E-state index in [0.717, 1.165) is 10.4 Å². The zero-order valence-electron chi connectivity index (χ0n) is 11.6. The number of rotatable bonds is 4. The summed E-state index contributed by atoms with van der Waals surface area (Å²) < 4.78 is 5.17. The van der Waals surface area contributed by atoms with Crippen molar-refractivity contribution in [2.45, 2.75) is 6.54 Å². The number of hydrogen-bond donors (Lipinski definition) is 2. The lowest BCUT2D eigenvalue weighted by atomic mass is 10.2. The molecule has 0 radical (unpaired) electrons. The summed E-state index contributed by atoms with van der Waals surface area (Å²) in [7, 11) is 1.54. The van der Waals surface area contributed by atoms with Gasteiger partial charge in [-0.15, -0.1) is 11.3 Å². The molecule has 0 aliphatic rings. The smallest absolute Gasteiger partial charge is 0.255 e. The number of ether oxygens (including phenoxy) is 1. The van der Waals surface area contributed by atoms with E-state index in [4.69, 9.17) is 9.84 Å². The van der Waals surface area contributed by atoms with Crippen LogP contribution in [0, 0.1) is 11.8 Å². The number of methoxy groups -OCH3 is 1. The topological polar surface area (TPSA) is 58.6 Å². The van der Waals surface area contributed by atoms with Crippen molar-refractivity contribution in [1.82, 2.24) is 5.32 Å². The van der Waals surface area contributed by atoms with Crippen molar-refractivity contribution in [2.24, 2.45) is 0 Å². The van der Waals surface area contributed by atoms with Gasteiger partial charge in [0.2, 0.25) is 0 Å². The molecule has 0 fully saturated rings. The molecule has 1 amide bonds. The van der Waals surface area contributed by atoms with Crippen LogP contribution in [0.25, 0.3) is 0 Å². The van der Waals surface area contributed by atoms with Crippen LogP contribution < -0.4 is 10.1 Å². The standard InChI is InChI=1S/C16H15NO3S/c1-20-15-7-3-2-6-14(15)16(19)17-10-13-9-12(11-21-13)5-4-8-18/h2-3,6-7,9,11,18H,8,10H2,1H3,(H,17,19). The van der Waals surface area contributed by atoms with E-state index >= 15 is 0 Å². The van der Waals surface area contributed by atoms with Crippen molar-refractivity contribution in [1.29, 1.82) is 0 Å². The van der Waals surface area contributed by atoms with Gasteiger partial charge in [0.15, 0.2) is 0 Å². The van der Waals surface area contributed by atoms with Crippen LogP contribution in [0.15, 0.2) is 35.7 Å². The Kier molecular flexibility index (Phi) is 5.38. The van der Waals surface area contributed by atoms with E-state index in [9.17, 15) is 4.79 Å². The molecule has 2 rings (SSSR count). The molecule has 21 heavy (non-hydrogen) atoms. The Balaban J connectivity index is 1.99. The molecule has 1 aromatic carbocycles. The van der Waals surface area contributed by atoms with Gasteiger partial charge in [0, 0.05) is 15.8 Å². The molecule has 0 aliphatic heterocycles. The molecule has 1 aromatic heterocycles. The minimum atomic E-state index is -0.177. The molecular weight excluding hydrogens is 286 g/mol. The lowest BCUT2D eigenvalue weighted by molar-refractivity contribution is 0.0948. The fraction of sp³-hybridized carbons (Fsp3) is 0.188. The van der Waals surface area contributed by atoms with Crippen LogP contribution in [0.5, 0.6) is 5.75 Å². The summed E-state index contributed by atoms with van der Waals surface area (Å²) in [6, 6.07) is 8.99. The maximum Gasteiger partial charge on any atom is 0.255 e. The summed E-state index contributed by atoms with van der Waals surface area (Å²) in [5.41, 5.74) is 1.35. The van der Waals surface area contributed by atoms with E-state index in [1.165, 1.54) is 18.4 Å². The average molecular weight is 301 g/mol. The van der Waals surface area contributed by atoms with E-state index in [-0.39, 0.29) is 12.5 Å². The highest BCUT2D eigenvalue weighted by Gasteiger charge is 2.11. The molecule has 1 heterocycles. The predicted molar refractivity (Wildman–Crippen MR) is 82.4 cm³/mol. The Bertz CT molecular complexity index is 682. The molecule has 4 nitrogen and oxygen atoms in total. The van der Waals surface area contributed by atoms with E-state index in [1.54, 1.807) is 18.2 Å². The van der Waals surface area contributed by atoms with Gasteiger partial charge in [0.1, 0.15) is 12.4 Å². The Labute approximate surface area is 127 Å². The quantitative estimate of drug-likeness (QED) is 0.850. The maximum absolute atomic E-state index is 12.1. The van der Waals surface area contributed by atoms with Crippen molar-refractivity contribution in [2.75, 3.05) is 13.7 Å². The van der Waals surface area contributed by atoms with Gasteiger partial charge < -0.3 is 15.2 Å². The highest BCUT2D eigenvalue weighted by molar-refractivity contribution is 7.10. The molecule has 0 unspecified atom stereocenters. The average Bonchev–Trinajstić information content (AvgIpc) is 2.98. The van der Waals surface area contributed by atoms with Crippen LogP contribution in [0.1, 0.15) is 20.8 Å². The Morgan fingerprint density at radius 3 is 3.00 bits per heavy atom. The summed E-state index contributed by atoms with van der Waals surface area (Å²) in [5, 5.41) is 13.4. The SMILES string of the molecule is COc1ccccc1C(=O)NCc1cc(C#CCO)cs1. The third-order valence-electron chi connectivity index (χ3n) is 2.74. The van der Waals surface area contributed by atoms with Crippen LogP contribution in [-0.4, -0.2) is 24.7 Å².